The van der Waals surface area contributed by atoms with Gasteiger partial charge in [-0.05, 0) is 44.9 Å². The van der Waals surface area contributed by atoms with Crippen LogP contribution in [0.4, 0.5) is 0 Å². The van der Waals surface area contributed by atoms with Gasteiger partial charge in [0.1, 0.15) is 17.6 Å². The van der Waals surface area contributed by atoms with Gasteiger partial charge in [-0.15, -0.1) is 11.3 Å². The van der Waals surface area contributed by atoms with Gasteiger partial charge >= 0.3 is 0 Å². The smallest absolute Gasteiger partial charge is 0.290 e. The number of hydrogen-bond acceptors (Lipinski definition) is 6. The Balaban J connectivity index is 1.73. The second-order valence-electron chi connectivity index (χ2n) is 7.32. The first kappa shape index (κ1) is 20.1. The maximum atomic E-state index is 13.4. The molecule has 30 heavy (non-hydrogen) atoms. The lowest BCUT2D eigenvalue weighted by Gasteiger charge is -2.25. The van der Waals surface area contributed by atoms with Crippen LogP contribution in [0.3, 0.4) is 0 Å². The SMILES string of the molecule is Cc1ccc(C2C(C(=O)c3sc(C)nc3C)=C(O)C(=O)N2CCc2ccccc2)o1. The molecule has 154 valence electrons. The molecule has 7 heteroatoms. The van der Waals surface area contributed by atoms with Gasteiger partial charge in [0, 0.05) is 6.54 Å². The van der Waals surface area contributed by atoms with Crippen molar-refractivity contribution in [1.82, 2.24) is 9.88 Å². The average molecular weight is 423 g/mol. The number of Topliss-reactive ketones (excluding diaryl/α,β-unsaturated/α-hetero) is 1. The zero-order valence-corrected chi connectivity index (χ0v) is 17.8. The summed E-state index contributed by atoms with van der Waals surface area (Å²) in [5.74, 6) is -0.335. The molecule has 0 aliphatic carbocycles. The van der Waals surface area contributed by atoms with Crippen LogP contribution in [0.15, 0.2) is 58.2 Å². The molecule has 1 amide bonds. The van der Waals surface area contributed by atoms with Crippen molar-refractivity contribution in [2.75, 3.05) is 6.54 Å². The van der Waals surface area contributed by atoms with Crippen LogP contribution in [0.5, 0.6) is 0 Å². The van der Waals surface area contributed by atoms with Gasteiger partial charge in [0.2, 0.25) is 5.78 Å². The molecule has 1 aliphatic heterocycles. The Morgan fingerprint density at radius 1 is 1.17 bits per heavy atom. The molecule has 4 rings (SSSR count). The topological polar surface area (TPSA) is 83.6 Å². The maximum absolute atomic E-state index is 13.4. The predicted molar refractivity (Wildman–Crippen MR) is 114 cm³/mol. The molecule has 0 saturated carbocycles. The van der Waals surface area contributed by atoms with Crippen LogP contribution < -0.4 is 0 Å². The normalized spacial score (nSPS) is 16.6. The van der Waals surface area contributed by atoms with Crippen LogP contribution in [0.25, 0.3) is 0 Å². The number of carbonyl (C=O) groups is 2. The molecule has 1 aromatic carbocycles. The third-order valence-electron chi connectivity index (χ3n) is 5.17. The van der Waals surface area contributed by atoms with Crippen molar-refractivity contribution in [3.05, 3.63) is 86.5 Å². The van der Waals surface area contributed by atoms with Crippen molar-refractivity contribution in [3.63, 3.8) is 0 Å². The largest absolute Gasteiger partial charge is 0.503 e. The molecule has 2 aromatic heterocycles. The molecule has 3 aromatic rings. The zero-order valence-electron chi connectivity index (χ0n) is 17.0. The Morgan fingerprint density at radius 3 is 2.50 bits per heavy atom. The predicted octanol–water partition coefficient (Wildman–Crippen LogP) is 4.48. The number of aliphatic hydroxyl groups excluding tert-OH is 1. The highest BCUT2D eigenvalue weighted by atomic mass is 32.1. The molecule has 1 aliphatic rings. The molecule has 0 saturated heterocycles. The van der Waals surface area contributed by atoms with E-state index in [1.165, 1.54) is 16.2 Å². The summed E-state index contributed by atoms with van der Waals surface area (Å²) in [4.78, 5) is 32.6. The molecular weight excluding hydrogens is 400 g/mol. The maximum Gasteiger partial charge on any atom is 0.290 e. The third kappa shape index (κ3) is 3.57. The van der Waals surface area contributed by atoms with Crippen molar-refractivity contribution in [3.8, 4) is 0 Å². The van der Waals surface area contributed by atoms with Crippen molar-refractivity contribution in [2.24, 2.45) is 0 Å². The van der Waals surface area contributed by atoms with E-state index in [1.54, 1.807) is 26.0 Å². The zero-order chi connectivity index (χ0) is 21.4. The van der Waals surface area contributed by atoms with Crippen LogP contribution in [0, 0.1) is 20.8 Å². The number of rotatable bonds is 6. The summed E-state index contributed by atoms with van der Waals surface area (Å²) in [5, 5.41) is 11.5. The standard InChI is InChI=1S/C23H22N2O4S/c1-13-9-10-17(29-13)19-18(20(26)22-14(2)24-15(3)30-22)21(27)23(28)25(19)12-11-16-7-5-4-6-8-16/h4-10,19,27H,11-12H2,1-3H3. The fraction of sp³-hybridized carbons (Fsp3) is 0.261. The minimum atomic E-state index is -0.774. The number of aliphatic hydroxyl groups is 1. The molecule has 0 fully saturated rings. The molecule has 1 atom stereocenters. The summed E-state index contributed by atoms with van der Waals surface area (Å²) in [6.07, 6.45) is 0.593. The quantitative estimate of drug-likeness (QED) is 0.592. The number of thiazole rings is 1. The van der Waals surface area contributed by atoms with E-state index in [4.69, 9.17) is 4.42 Å². The van der Waals surface area contributed by atoms with Crippen molar-refractivity contribution in [2.45, 2.75) is 33.2 Å². The first-order valence-electron chi connectivity index (χ1n) is 9.70. The van der Waals surface area contributed by atoms with Crippen LogP contribution in [0.1, 0.15) is 43.5 Å². The Bertz CT molecular complexity index is 1140. The third-order valence-corrected chi connectivity index (χ3v) is 6.24. The van der Waals surface area contributed by atoms with Crippen molar-refractivity contribution >= 4 is 23.0 Å². The number of hydrogen-bond donors (Lipinski definition) is 1. The second kappa shape index (κ2) is 7.91. The monoisotopic (exact) mass is 422 g/mol. The van der Waals surface area contributed by atoms with E-state index in [1.807, 2.05) is 37.3 Å². The van der Waals surface area contributed by atoms with Crippen LogP contribution >= 0.6 is 11.3 Å². The van der Waals surface area contributed by atoms with E-state index < -0.39 is 17.7 Å². The van der Waals surface area contributed by atoms with E-state index in [9.17, 15) is 14.7 Å². The number of benzene rings is 1. The van der Waals surface area contributed by atoms with E-state index in [2.05, 4.69) is 4.98 Å². The lowest BCUT2D eigenvalue weighted by atomic mass is 9.99. The van der Waals surface area contributed by atoms with Gasteiger partial charge in [-0.1, -0.05) is 30.3 Å². The van der Waals surface area contributed by atoms with E-state index in [0.29, 0.717) is 35.1 Å². The molecule has 0 bridgehead atoms. The average Bonchev–Trinajstić information content (AvgIpc) is 3.37. The van der Waals surface area contributed by atoms with Crippen molar-refractivity contribution in [1.29, 1.82) is 0 Å². The first-order chi connectivity index (χ1) is 14.4. The number of amides is 1. The Kier molecular flexibility index (Phi) is 5.30. The molecule has 3 heterocycles. The van der Waals surface area contributed by atoms with E-state index in [0.717, 1.165) is 10.6 Å². The van der Waals surface area contributed by atoms with Crippen LogP contribution in [-0.4, -0.2) is 33.2 Å². The van der Waals surface area contributed by atoms with E-state index in [-0.39, 0.29) is 11.4 Å². The highest BCUT2D eigenvalue weighted by Crippen LogP contribution is 2.40. The molecule has 0 spiro atoms. The Hall–Kier alpha value is -3.19. The molecule has 1 N–H and O–H groups in total. The first-order valence-corrected chi connectivity index (χ1v) is 10.5. The summed E-state index contributed by atoms with van der Waals surface area (Å²) in [6.45, 7) is 5.72. The number of carbonyl (C=O) groups excluding carboxylic acids is 2. The summed E-state index contributed by atoms with van der Waals surface area (Å²) in [7, 11) is 0. The van der Waals surface area contributed by atoms with Gasteiger partial charge in [-0.25, -0.2) is 4.98 Å². The summed E-state index contributed by atoms with van der Waals surface area (Å²) >= 11 is 1.26. The van der Waals surface area contributed by atoms with Crippen LogP contribution in [0.2, 0.25) is 0 Å². The lowest BCUT2D eigenvalue weighted by molar-refractivity contribution is -0.129. The molecule has 1 unspecified atom stereocenters. The Morgan fingerprint density at radius 2 is 1.90 bits per heavy atom. The van der Waals surface area contributed by atoms with E-state index >= 15 is 0 Å². The number of nitrogens with zero attached hydrogens (tertiary/aromatic N) is 2. The molecule has 0 radical (unpaired) electrons. The van der Waals surface area contributed by atoms with Gasteiger partial charge in [0.05, 0.1) is 21.2 Å². The Labute approximate surface area is 178 Å². The fourth-order valence-corrected chi connectivity index (χ4v) is 4.64. The minimum Gasteiger partial charge on any atom is -0.503 e. The minimum absolute atomic E-state index is 0.0501. The summed E-state index contributed by atoms with van der Waals surface area (Å²) in [5.41, 5.74) is 1.70. The number of aromatic nitrogens is 1. The highest BCUT2D eigenvalue weighted by Gasteiger charge is 2.45. The second-order valence-corrected chi connectivity index (χ2v) is 8.53. The van der Waals surface area contributed by atoms with Gasteiger partial charge in [-0.3, -0.25) is 9.59 Å². The van der Waals surface area contributed by atoms with Gasteiger partial charge in [-0.2, -0.15) is 0 Å². The lowest BCUT2D eigenvalue weighted by Crippen LogP contribution is -2.32. The van der Waals surface area contributed by atoms with Crippen LogP contribution in [-0.2, 0) is 11.2 Å². The fourth-order valence-electron chi connectivity index (χ4n) is 3.77. The molecular formula is C23H22N2O4S. The number of aryl methyl sites for hydroxylation is 3. The number of ketones is 1. The van der Waals surface area contributed by atoms with Gasteiger partial charge in [0.25, 0.3) is 5.91 Å². The van der Waals surface area contributed by atoms with Gasteiger partial charge < -0.3 is 14.4 Å². The highest BCUT2D eigenvalue weighted by molar-refractivity contribution is 7.14. The summed E-state index contributed by atoms with van der Waals surface area (Å²) < 4.78 is 5.79. The molecule has 6 nitrogen and oxygen atoms in total. The van der Waals surface area contributed by atoms with Gasteiger partial charge in [0.15, 0.2) is 5.76 Å². The summed E-state index contributed by atoms with van der Waals surface area (Å²) in [6, 6.07) is 12.5. The number of furan rings is 1. The van der Waals surface area contributed by atoms with Crippen molar-refractivity contribution < 1.29 is 19.1 Å².